The fourth-order valence-electron chi connectivity index (χ4n) is 3.51. The van der Waals surface area contributed by atoms with E-state index in [1.165, 1.54) is 0 Å². The van der Waals surface area contributed by atoms with Crippen LogP contribution in [0.5, 0.6) is 5.75 Å². The number of ether oxygens (including phenoxy) is 1. The molecule has 1 aromatic carbocycles. The number of carbonyl (C=O) groups excluding carboxylic acids is 1. The first-order chi connectivity index (χ1) is 10.1. The first-order valence-corrected chi connectivity index (χ1v) is 7.86. The summed E-state index contributed by atoms with van der Waals surface area (Å²) in [5.41, 5.74) is 7.09. The Morgan fingerprint density at radius 3 is 3.00 bits per heavy atom. The van der Waals surface area contributed by atoms with E-state index in [0.29, 0.717) is 6.61 Å². The van der Waals surface area contributed by atoms with Crippen LogP contribution in [0.15, 0.2) is 24.3 Å². The maximum absolute atomic E-state index is 12.5. The predicted octanol–water partition coefficient (Wildman–Crippen LogP) is 2.01. The van der Waals surface area contributed by atoms with E-state index in [0.717, 1.165) is 43.4 Å². The highest BCUT2D eigenvalue weighted by Gasteiger charge is 2.38. The van der Waals surface area contributed by atoms with Gasteiger partial charge < -0.3 is 15.8 Å². The summed E-state index contributed by atoms with van der Waals surface area (Å²) in [7, 11) is 0. The lowest BCUT2D eigenvalue weighted by molar-refractivity contribution is -0.129. The standard InChI is InChI=1S/C17H24N2O2/c1-17(18)9-5-4-7-14(17)16(20)19-13-10-12-6-2-3-8-15(12)21-11-13/h2-3,6,8,13-14H,4-5,7,9-11,18H2,1H3,(H,19,20). The van der Waals surface area contributed by atoms with Crippen molar-refractivity contribution in [2.45, 2.75) is 50.6 Å². The lowest BCUT2D eigenvalue weighted by Crippen LogP contribution is -2.55. The largest absolute Gasteiger partial charge is 0.491 e. The Hall–Kier alpha value is -1.55. The molecule has 1 aliphatic heterocycles. The third-order valence-corrected chi connectivity index (χ3v) is 4.80. The summed E-state index contributed by atoms with van der Waals surface area (Å²) in [5, 5.41) is 3.14. The quantitative estimate of drug-likeness (QED) is 0.875. The number of amides is 1. The Morgan fingerprint density at radius 1 is 1.38 bits per heavy atom. The summed E-state index contributed by atoms with van der Waals surface area (Å²) in [6.07, 6.45) is 4.86. The second-order valence-corrected chi connectivity index (χ2v) is 6.63. The van der Waals surface area contributed by atoms with Gasteiger partial charge in [-0.15, -0.1) is 0 Å². The third kappa shape index (κ3) is 3.05. The van der Waals surface area contributed by atoms with Crippen molar-refractivity contribution in [3.8, 4) is 5.75 Å². The van der Waals surface area contributed by atoms with Gasteiger partial charge in [0.25, 0.3) is 0 Å². The molecule has 0 saturated heterocycles. The molecule has 0 aromatic heterocycles. The van der Waals surface area contributed by atoms with Crippen molar-refractivity contribution in [2.24, 2.45) is 11.7 Å². The summed E-state index contributed by atoms with van der Waals surface area (Å²) < 4.78 is 5.73. The fourth-order valence-corrected chi connectivity index (χ4v) is 3.51. The molecule has 1 amide bonds. The molecule has 1 aliphatic carbocycles. The van der Waals surface area contributed by atoms with E-state index in [9.17, 15) is 4.79 Å². The number of carbonyl (C=O) groups is 1. The van der Waals surface area contributed by atoms with Crippen LogP contribution in [-0.2, 0) is 11.2 Å². The Kier molecular flexibility index (Phi) is 3.89. The minimum Gasteiger partial charge on any atom is -0.491 e. The third-order valence-electron chi connectivity index (χ3n) is 4.80. The van der Waals surface area contributed by atoms with Gasteiger partial charge in [0.1, 0.15) is 12.4 Å². The van der Waals surface area contributed by atoms with Gasteiger partial charge in [0, 0.05) is 5.54 Å². The molecule has 3 atom stereocenters. The predicted molar refractivity (Wildman–Crippen MR) is 82.1 cm³/mol. The van der Waals surface area contributed by atoms with Crippen LogP contribution >= 0.6 is 0 Å². The first kappa shape index (κ1) is 14.4. The van der Waals surface area contributed by atoms with E-state index in [1.54, 1.807) is 0 Å². The van der Waals surface area contributed by atoms with E-state index in [2.05, 4.69) is 11.4 Å². The van der Waals surface area contributed by atoms with E-state index >= 15 is 0 Å². The number of rotatable bonds is 2. The number of fused-ring (bicyclic) bond motifs is 1. The molecule has 4 nitrogen and oxygen atoms in total. The average Bonchev–Trinajstić information content (AvgIpc) is 2.46. The molecular weight excluding hydrogens is 264 g/mol. The van der Waals surface area contributed by atoms with Crippen LogP contribution in [0.1, 0.15) is 38.2 Å². The van der Waals surface area contributed by atoms with Gasteiger partial charge in [0.2, 0.25) is 5.91 Å². The molecule has 3 rings (SSSR count). The van der Waals surface area contributed by atoms with E-state index in [1.807, 2.05) is 25.1 Å². The molecule has 0 spiro atoms. The Morgan fingerprint density at radius 2 is 2.19 bits per heavy atom. The number of para-hydroxylation sites is 1. The number of benzene rings is 1. The monoisotopic (exact) mass is 288 g/mol. The smallest absolute Gasteiger partial charge is 0.225 e. The van der Waals surface area contributed by atoms with E-state index < -0.39 is 0 Å². The summed E-state index contributed by atoms with van der Waals surface area (Å²) in [5.74, 6) is 0.945. The maximum atomic E-state index is 12.5. The highest BCUT2D eigenvalue weighted by molar-refractivity contribution is 5.80. The van der Waals surface area contributed by atoms with Gasteiger partial charge in [-0.1, -0.05) is 31.0 Å². The molecule has 1 aromatic rings. The van der Waals surface area contributed by atoms with Gasteiger partial charge >= 0.3 is 0 Å². The minimum absolute atomic E-state index is 0.0464. The summed E-state index contributed by atoms with van der Waals surface area (Å²) in [6.45, 7) is 2.54. The van der Waals surface area contributed by atoms with Crippen molar-refractivity contribution in [3.63, 3.8) is 0 Å². The van der Waals surface area contributed by atoms with Gasteiger partial charge in [-0.2, -0.15) is 0 Å². The van der Waals surface area contributed by atoms with Crippen molar-refractivity contribution in [2.75, 3.05) is 6.61 Å². The Balaban J connectivity index is 1.63. The highest BCUT2D eigenvalue weighted by Crippen LogP contribution is 2.32. The number of hydrogen-bond donors (Lipinski definition) is 2. The zero-order chi connectivity index (χ0) is 14.9. The molecule has 3 unspecified atom stereocenters. The average molecular weight is 288 g/mol. The SMILES string of the molecule is CC1(N)CCCCC1C(=O)NC1COc2ccccc2C1. The Labute approximate surface area is 126 Å². The molecule has 4 heteroatoms. The van der Waals surface area contributed by atoms with Crippen LogP contribution in [0.4, 0.5) is 0 Å². The van der Waals surface area contributed by atoms with Crippen molar-refractivity contribution < 1.29 is 9.53 Å². The van der Waals surface area contributed by atoms with Crippen LogP contribution in [0, 0.1) is 5.92 Å². The fraction of sp³-hybridized carbons (Fsp3) is 0.588. The van der Waals surface area contributed by atoms with Crippen LogP contribution < -0.4 is 15.8 Å². The molecular formula is C17H24N2O2. The van der Waals surface area contributed by atoms with Gasteiger partial charge in [0.05, 0.1) is 12.0 Å². The molecule has 1 saturated carbocycles. The molecule has 0 bridgehead atoms. The van der Waals surface area contributed by atoms with Gasteiger partial charge in [0.15, 0.2) is 0 Å². The van der Waals surface area contributed by atoms with Gasteiger partial charge in [-0.3, -0.25) is 4.79 Å². The van der Waals surface area contributed by atoms with Gasteiger partial charge in [-0.25, -0.2) is 0 Å². The van der Waals surface area contributed by atoms with Crippen LogP contribution in [0.2, 0.25) is 0 Å². The second kappa shape index (κ2) is 5.68. The zero-order valence-corrected chi connectivity index (χ0v) is 12.6. The van der Waals surface area contributed by atoms with Crippen LogP contribution in [0.3, 0.4) is 0 Å². The normalized spacial score (nSPS) is 31.9. The maximum Gasteiger partial charge on any atom is 0.225 e. The lowest BCUT2D eigenvalue weighted by atomic mass is 9.74. The molecule has 1 heterocycles. The molecule has 21 heavy (non-hydrogen) atoms. The number of nitrogens with one attached hydrogen (secondary N) is 1. The highest BCUT2D eigenvalue weighted by atomic mass is 16.5. The second-order valence-electron chi connectivity index (χ2n) is 6.63. The van der Waals surface area contributed by atoms with Crippen molar-refractivity contribution >= 4 is 5.91 Å². The summed E-state index contributed by atoms with van der Waals surface area (Å²) in [4.78, 5) is 12.5. The summed E-state index contributed by atoms with van der Waals surface area (Å²) >= 11 is 0. The zero-order valence-electron chi connectivity index (χ0n) is 12.6. The van der Waals surface area contributed by atoms with Crippen LogP contribution in [-0.4, -0.2) is 24.1 Å². The number of nitrogens with two attached hydrogens (primary N) is 1. The Bertz CT molecular complexity index is 527. The molecule has 114 valence electrons. The van der Waals surface area contributed by atoms with Crippen molar-refractivity contribution in [3.05, 3.63) is 29.8 Å². The van der Waals surface area contributed by atoms with Crippen LogP contribution in [0.25, 0.3) is 0 Å². The van der Waals surface area contributed by atoms with Gasteiger partial charge in [-0.05, 0) is 37.8 Å². The topological polar surface area (TPSA) is 64.4 Å². The molecule has 0 radical (unpaired) electrons. The van der Waals surface area contributed by atoms with E-state index in [4.69, 9.17) is 10.5 Å². The minimum atomic E-state index is -0.379. The molecule has 1 fully saturated rings. The lowest BCUT2D eigenvalue weighted by Gasteiger charge is -2.38. The molecule has 2 aliphatic rings. The van der Waals surface area contributed by atoms with Crippen molar-refractivity contribution in [1.29, 1.82) is 0 Å². The van der Waals surface area contributed by atoms with Crippen molar-refractivity contribution in [1.82, 2.24) is 5.32 Å². The summed E-state index contributed by atoms with van der Waals surface area (Å²) in [6, 6.07) is 8.06. The number of hydrogen-bond acceptors (Lipinski definition) is 3. The molecule has 3 N–H and O–H groups in total. The van der Waals surface area contributed by atoms with E-state index in [-0.39, 0.29) is 23.4 Å². The first-order valence-electron chi connectivity index (χ1n) is 7.86.